The lowest BCUT2D eigenvalue weighted by Gasteiger charge is -2.16. The Morgan fingerprint density at radius 1 is 0.955 bits per heavy atom. The third kappa shape index (κ3) is 2.56. The second-order valence-corrected chi connectivity index (χ2v) is 5.86. The molecule has 0 spiro atoms. The Hall–Kier alpha value is -2.03. The molecule has 3 aromatic rings. The molecule has 0 fully saturated rings. The van der Waals surface area contributed by atoms with Crippen LogP contribution in [0.2, 0.25) is 0 Å². The number of hydrogen-bond donors (Lipinski definition) is 1. The number of halogens is 1. The van der Waals surface area contributed by atoms with Gasteiger partial charge in [0, 0.05) is 12.6 Å². The van der Waals surface area contributed by atoms with Gasteiger partial charge in [-0.1, -0.05) is 48.5 Å². The van der Waals surface area contributed by atoms with Crippen molar-refractivity contribution >= 4 is 21.5 Å². The van der Waals surface area contributed by atoms with E-state index in [1.807, 2.05) is 0 Å². The van der Waals surface area contributed by atoms with Gasteiger partial charge >= 0.3 is 0 Å². The number of hydrogen-bond acceptors (Lipinski definition) is 1. The van der Waals surface area contributed by atoms with E-state index < -0.39 is 0 Å². The fourth-order valence-corrected chi connectivity index (χ4v) is 3.30. The lowest BCUT2D eigenvalue weighted by molar-refractivity contribution is -0.862. The number of nitrogens with one attached hydrogen (secondary N) is 1. The summed E-state index contributed by atoms with van der Waals surface area (Å²) >= 11 is 0. The molecule has 3 heteroatoms. The molecule has 0 amide bonds. The summed E-state index contributed by atoms with van der Waals surface area (Å²) in [7, 11) is 2.13. The predicted molar refractivity (Wildman–Crippen MR) is 87.9 cm³/mol. The van der Waals surface area contributed by atoms with Crippen molar-refractivity contribution in [2.24, 2.45) is 0 Å². The van der Waals surface area contributed by atoms with E-state index in [9.17, 15) is 0 Å². The maximum absolute atomic E-state index is 2.30. The Bertz CT molecular complexity index is 787. The van der Waals surface area contributed by atoms with Crippen LogP contribution in [0, 0.1) is 0 Å². The number of benzene rings is 3. The third-order valence-corrected chi connectivity index (χ3v) is 4.30. The lowest BCUT2D eigenvalue weighted by Crippen LogP contribution is -3.05. The van der Waals surface area contributed by atoms with Crippen LogP contribution in [-0.4, -0.2) is 18.6 Å². The molecule has 0 bridgehead atoms. The maximum Gasteiger partial charge on any atom is 0.156 e. The first-order valence-corrected chi connectivity index (χ1v) is 7.44. The van der Waals surface area contributed by atoms with E-state index in [1.54, 1.807) is 0 Å². The molecule has 4 rings (SSSR count). The fourth-order valence-electron chi connectivity index (χ4n) is 3.30. The van der Waals surface area contributed by atoms with Gasteiger partial charge in [0.2, 0.25) is 0 Å². The Kier molecular flexibility index (Phi) is 4.06. The minimum Gasteiger partial charge on any atom is -1.00 e. The van der Waals surface area contributed by atoms with Crippen molar-refractivity contribution in [2.45, 2.75) is 6.54 Å². The Balaban J connectivity index is 0.00000144. The first kappa shape index (κ1) is 14.9. The van der Waals surface area contributed by atoms with E-state index in [-0.39, 0.29) is 12.4 Å². The molecule has 0 aromatic heterocycles. The van der Waals surface area contributed by atoms with Crippen molar-refractivity contribution in [3.63, 3.8) is 0 Å². The minimum absolute atomic E-state index is 0. The first-order valence-electron chi connectivity index (χ1n) is 7.44. The Morgan fingerprint density at radius 3 is 2.09 bits per heavy atom. The first-order chi connectivity index (χ1) is 10.3. The molecule has 0 saturated heterocycles. The summed E-state index contributed by atoms with van der Waals surface area (Å²) in [6.45, 7) is 2.07. The monoisotopic (exact) mass is 310 g/mol. The second kappa shape index (κ2) is 5.99. The summed E-state index contributed by atoms with van der Waals surface area (Å²) in [5.74, 6) is 0. The highest BCUT2D eigenvalue weighted by atomic mass is 35.5. The molecule has 112 valence electrons. The van der Waals surface area contributed by atoms with Gasteiger partial charge in [0.25, 0.3) is 0 Å². The Labute approximate surface area is 137 Å². The van der Waals surface area contributed by atoms with Gasteiger partial charge in [-0.15, -0.1) is 0 Å². The predicted octanol–water partition coefficient (Wildman–Crippen LogP) is -0.244. The highest BCUT2D eigenvalue weighted by Crippen LogP contribution is 2.27. The van der Waals surface area contributed by atoms with E-state index in [2.05, 4.69) is 78.9 Å². The van der Waals surface area contributed by atoms with Crippen molar-refractivity contribution in [2.75, 3.05) is 13.7 Å². The maximum atomic E-state index is 2.30. The normalized spacial score (nSPS) is 17.1. The van der Waals surface area contributed by atoms with E-state index in [4.69, 9.17) is 0 Å². The molecule has 22 heavy (non-hydrogen) atoms. The van der Waals surface area contributed by atoms with Gasteiger partial charge in [-0.2, -0.15) is 0 Å². The van der Waals surface area contributed by atoms with Crippen molar-refractivity contribution in [3.8, 4) is 0 Å². The average molecular weight is 311 g/mol. The van der Waals surface area contributed by atoms with Crippen molar-refractivity contribution in [1.29, 1.82) is 0 Å². The number of quaternary nitrogens is 1. The van der Waals surface area contributed by atoms with Gasteiger partial charge in [0.05, 0.1) is 6.20 Å². The van der Waals surface area contributed by atoms with Gasteiger partial charge < -0.3 is 17.3 Å². The third-order valence-electron chi connectivity index (χ3n) is 4.30. The average Bonchev–Trinajstić information content (AvgIpc) is 2.92. The van der Waals surface area contributed by atoms with E-state index in [0.29, 0.717) is 0 Å². The van der Waals surface area contributed by atoms with Crippen LogP contribution in [0.1, 0.15) is 5.56 Å². The highest BCUT2D eigenvalue weighted by Gasteiger charge is 2.17. The largest absolute Gasteiger partial charge is 1.00 e. The molecule has 1 atom stereocenters. The molecule has 3 aromatic carbocycles. The number of fused-ring (bicyclic) bond motifs is 2. The molecule has 0 saturated carbocycles. The van der Waals surface area contributed by atoms with Crippen LogP contribution >= 0.6 is 0 Å². The van der Waals surface area contributed by atoms with Gasteiger partial charge in [0.15, 0.2) is 6.67 Å². The molecule has 1 aliphatic heterocycles. The van der Waals surface area contributed by atoms with Gasteiger partial charge in [-0.25, -0.2) is 0 Å². The number of rotatable bonds is 2. The van der Waals surface area contributed by atoms with Gasteiger partial charge in [-0.3, -0.25) is 4.90 Å². The molecular formula is C19H19ClN2. The van der Waals surface area contributed by atoms with E-state index >= 15 is 0 Å². The summed E-state index contributed by atoms with van der Waals surface area (Å²) < 4.78 is 0. The molecule has 1 unspecified atom stereocenters. The lowest BCUT2D eigenvalue weighted by atomic mass is 9.96. The minimum atomic E-state index is 0. The summed E-state index contributed by atoms with van der Waals surface area (Å²) in [6, 6.07) is 19.8. The van der Waals surface area contributed by atoms with E-state index in [1.165, 1.54) is 32.0 Å². The van der Waals surface area contributed by atoms with Gasteiger partial charge in [-0.05, 0) is 27.6 Å². The zero-order chi connectivity index (χ0) is 14.2. The van der Waals surface area contributed by atoms with E-state index in [0.717, 1.165) is 13.2 Å². The highest BCUT2D eigenvalue weighted by molar-refractivity contribution is 6.02. The summed E-state index contributed by atoms with van der Waals surface area (Å²) in [5, 5.41) is 5.43. The summed E-state index contributed by atoms with van der Waals surface area (Å²) in [4.78, 5) is 3.72. The smallest absolute Gasteiger partial charge is 0.156 e. The molecule has 1 heterocycles. The van der Waals surface area contributed by atoms with Crippen LogP contribution < -0.4 is 17.3 Å². The van der Waals surface area contributed by atoms with Gasteiger partial charge in [0.1, 0.15) is 12.7 Å². The van der Waals surface area contributed by atoms with Crippen LogP contribution in [0.15, 0.2) is 67.0 Å². The van der Waals surface area contributed by atoms with Crippen LogP contribution in [0.4, 0.5) is 0 Å². The second-order valence-electron chi connectivity index (χ2n) is 5.86. The van der Waals surface area contributed by atoms with Crippen LogP contribution in [0.25, 0.3) is 21.5 Å². The SMILES string of the molecule is CN1C=C[NH+](Cc2c3ccccc3cc3ccccc23)C1.[Cl-]. The fraction of sp³-hybridized carbons (Fsp3) is 0.158. The number of nitrogens with zero attached hydrogens (tertiary/aromatic N) is 1. The molecule has 1 N–H and O–H groups in total. The zero-order valence-electron chi connectivity index (χ0n) is 12.6. The van der Waals surface area contributed by atoms with Crippen LogP contribution in [0.3, 0.4) is 0 Å². The van der Waals surface area contributed by atoms with Crippen molar-refractivity contribution in [1.82, 2.24) is 4.90 Å². The van der Waals surface area contributed by atoms with Crippen molar-refractivity contribution < 1.29 is 17.3 Å². The topological polar surface area (TPSA) is 7.68 Å². The van der Waals surface area contributed by atoms with Crippen LogP contribution in [0.5, 0.6) is 0 Å². The quantitative estimate of drug-likeness (QED) is 0.642. The molecule has 1 aliphatic rings. The molecule has 0 radical (unpaired) electrons. The summed E-state index contributed by atoms with van der Waals surface area (Å²) in [6.07, 6.45) is 4.43. The molecular weight excluding hydrogens is 292 g/mol. The van der Waals surface area contributed by atoms with Crippen molar-refractivity contribution in [3.05, 3.63) is 72.6 Å². The summed E-state index contributed by atoms with van der Waals surface area (Å²) in [5.41, 5.74) is 1.46. The molecule has 0 aliphatic carbocycles. The zero-order valence-corrected chi connectivity index (χ0v) is 13.3. The Morgan fingerprint density at radius 2 is 1.55 bits per heavy atom. The van der Waals surface area contributed by atoms with Crippen LogP contribution in [-0.2, 0) is 6.54 Å². The standard InChI is InChI=1S/C19H18N2.ClH/c1-20-10-11-21(14-20)13-19-17-8-4-2-6-15(17)12-16-7-3-5-9-18(16)19;/h2-12H,13-14H2,1H3;1H. The molecule has 2 nitrogen and oxygen atoms in total.